The van der Waals surface area contributed by atoms with E-state index in [1.165, 1.54) is 0 Å². The minimum atomic E-state index is 0.292. The number of carbonyl (C=O) groups excluding carboxylic acids is 2. The van der Waals surface area contributed by atoms with Crippen molar-refractivity contribution < 1.29 is 19.1 Å². The predicted octanol–water partition coefficient (Wildman–Crippen LogP) is 0.995. The van der Waals surface area contributed by atoms with Crippen LogP contribution in [0, 0.1) is 11.8 Å². The molecule has 2 unspecified atom stereocenters. The largest absolute Gasteiger partial charge is 0.468 e. The van der Waals surface area contributed by atoms with Crippen molar-refractivity contribution in [2.45, 2.75) is 20.3 Å². The predicted molar refractivity (Wildman–Crippen MR) is 47.0 cm³/mol. The highest BCUT2D eigenvalue weighted by Crippen LogP contribution is 2.14. The van der Waals surface area contributed by atoms with Gasteiger partial charge < -0.3 is 9.47 Å². The number of ether oxygens (including phenoxy) is 2. The summed E-state index contributed by atoms with van der Waals surface area (Å²) in [5.41, 5.74) is 0. The smallest absolute Gasteiger partial charge is 0.293 e. The van der Waals surface area contributed by atoms with Crippen LogP contribution in [0.4, 0.5) is 0 Å². The zero-order valence-corrected chi connectivity index (χ0v) is 8.06. The van der Waals surface area contributed by atoms with Crippen molar-refractivity contribution in [2.75, 3.05) is 13.2 Å². The van der Waals surface area contributed by atoms with Crippen LogP contribution in [0.3, 0.4) is 0 Å². The Morgan fingerprint density at radius 1 is 1.08 bits per heavy atom. The second kappa shape index (κ2) is 7.58. The van der Waals surface area contributed by atoms with Gasteiger partial charge in [0, 0.05) is 0 Å². The zero-order valence-electron chi connectivity index (χ0n) is 8.06. The second-order valence-corrected chi connectivity index (χ2v) is 3.14. The average molecular weight is 188 g/mol. The van der Waals surface area contributed by atoms with Gasteiger partial charge in [-0.3, -0.25) is 9.59 Å². The molecule has 4 nitrogen and oxygen atoms in total. The molecule has 0 radical (unpaired) electrons. The topological polar surface area (TPSA) is 52.6 Å². The van der Waals surface area contributed by atoms with Crippen LogP contribution in [0.25, 0.3) is 0 Å². The molecule has 0 amide bonds. The van der Waals surface area contributed by atoms with Gasteiger partial charge in [0.2, 0.25) is 0 Å². The van der Waals surface area contributed by atoms with E-state index < -0.39 is 0 Å². The first kappa shape index (κ1) is 11.9. The van der Waals surface area contributed by atoms with Gasteiger partial charge in [-0.05, 0) is 18.3 Å². The van der Waals surface area contributed by atoms with Gasteiger partial charge in [0.05, 0.1) is 13.2 Å². The minimum absolute atomic E-state index is 0.292. The summed E-state index contributed by atoms with van der Waals surface area (Å²) in [6.45, 7) is 5.77. The maximum atomic E-state index is 9.90. The molecule has 76 valence electrons. The quantitative estimate of drug-likeness (QED) is 0.421. The lowest BCUT2D eigenvalue weighted by Crippen LogP contribution is -2.16. The van der Waals surface area contributed by atoms with Crippen LogP contribution in [0.5, 0.6) is 0 Å². The summed E-state index contributed by atoms with van der Waals surface area (Å²) in [5.74, 6) is 0.667. The fourth-order valence-corrected chi connectivity index (χ4v) is 0.942. The standard InChI is InChI=1S/C9H16O4/c1-8(3-4-12-6-10)9(2)5-13-7-11/h6-9H,3-5H2,1-2H3. The fourth-order valence-electron chi connectivity index (χ4n) is 0.942. The van der Waals surface area contributed by atoms with E-state index in [2.05, 4.69) is 9.47 Å². The highest BCUT2D eigenvalue weighted by Gasteiger charge is 2.12. The van der Waals surface area contributed by atoms with Gasteiger partial charge in [-0.25, -0.2) is 0 Å². The molecule has 0 aromatic rings. The Balaban J connectivity index is 3.49. The van der Waals surface area contributed by atoms with E-state index in [0.717, 1.165) is 6.42 Å². The monoisotopic (exact) mass is 188 g/mol. The second-order valence-electron chi connectivity index (χ2n) is 3.14. The number of rotatable bonds is 8. The third kappa shape index (κ3) is 6.13. The average Bonchev–Trinajstić information content (AvgIpc) is 2.14. The number of carbonyl (C=O) groups is 2. The maximum absolute atomic E-state index is 9.90. The molecule has 2 atom stereocenters. The van der Waals surface area contributed by atoms with Crippen LogP contribution in [-0.4, -0.2) is 26.2 Å². The molecule has 4 heteroatoms. The Morgan fingerprint density at radius 3 is 2.23 bits per heavy atom. The molecule has 13 heavy (non-hydrogen) atoms. The molecule has 0 aliphatic heterocycles. The van der Waals surface area contributed by atoms with Crippen LogP contribution in [-0.2, 0) is 19.1 Å². The van der Waals surface area contributed by atoms with Crippen molar-refractivity contribution in [3.05, 3.63) is 0 Å². The van der Waals surface area contributed by atoms with Gasteiger partial charge in [-0.2, -0.15) is 0 Å². The molecule has 0 heterocycles. The lowest BCUT2D eigenvalue weighted by molar-refractivity contribution is -0.130. The molecule has 0 bridgehead atoms. The summed E-state index contributed by atoms with van der Waals surface area (Å²) in [7, 11) is 0. The summed E-state index contributed by atoms with van der Waals surface area (Å²) in [5, 5.41) is 0. The van der Waals surface area contributed by atoms with Gasteiger partial charge in [-0.15, -0.1) is 0 Å². The fraction of sp³-hybridized carbons (Fsp3) is 0.778. The van der Waals surface area contributed by atoms with Crippen LogP contribution in [0.1, 0.15) is 20.3 Å². The molecule has 0 aromatic heterocycles. The Bertz CT molecular complexity index is 147. The van der Waals surface area contributed by atoms with E-state index in [-0.39, 0.29) is 0 Å². The Hall–Kier alpha value is -1.06. The van der Waals surface area contributed by atoms with Crippen LogP contribution >= 0.6 is 0 Å². The van der Waals surface area contributed by atoms with E-state index in [1.54, 1.807) is 0 Å². The first-order valence-corrected chi connectivity index (χ1v) is 4.32. The van der Waals surface area contributed by atoms with Crippen molar-refractivity contribution in [3.63, 3.8) is 0 Å². The summed E-state index contributed by atoms with van der Waals surface area (Å²) in [6, 6.07) is 0. The summed E-state index contributed by atoms with van der Waals surface area (Å²) in [6.07, 6.45) is 0.794. The van der Waals surface area contributed by atoms with Crippen LogP contribution in [0.15, 0.2) is 0 Å². The Morgan fingerprint density at radius 2 is 1.69 bits per heavy atom. The first-order chi connectivity index (χ1) is 6.22. The molecule has 0 rings (SSSR count). The van der Waals surface area contributed by atoms with Crippen molar-refractivity contribution >= 4 is 12.9 Å². The minimum Gasteiger partial charge on any atom is -0.468 e. The van der Waals surface area contributed by atoms with E-state index in [9.17, 15) is 9.59 Å². The zero-order chi connectivity index (χ0) is 10.1. The molecule has 0 aromatic carbocycles. The van der Waals surface area contributed by atoms with Crippen molar-refractivity contribution in [2.24, 2.45) is 11.8 Å². The molecular formula is C9H16O4. The molecule has 0 spiro atoms. The summed E-state index contributed by atoms with van der Waals surface area (Å²) < 4.78 is 9.20. The molecule has 0 aliphatic rings. The van der Waals surface area contributed by atoms with Crippen molar-refractivity contribution in [1.29, 1.82) is 0 Å². The number of hydrogen-bond acceptors (Lipinski definition) is 4. The molecule has 0 saturated carbocycles. The molecular weight excluding hydrogens is 172 g/mol. The maximum Gasteiger partial charge on any atom is 0.293 e. The molecule has 0 aliphatic carbocycles. The highest BCUT2D eigenvalue weighted by molar-refractivity contribution is 5.37. The van der Waals surface area contributed by atoms with Crippen molar-refractivity contribution in [3.8, 4) is 0 Å². The van der Waals surface area contributed by atoms with Crippen LogP contribution in [0.2, 0.25) is 0 Å². The van der Waals surface area contributed by atoms with Gasteiger partial charge in [0.25, 0.3) is 12.9 Å². The van der Waals surface area contributed by atoms with Gasteiger partial charge in [0.15, 0.2) is 0 Å². The van der Waals surface area contributed by atoms with E-state index in [1.807, 2.05) is 13.8 Å². The van der Waals surface area contributed by atoms with Gasteiger partial charge >= 0.3 is 0 Å². The number of hydrogen-bond donors (Lipinski definition) is 0. The Labute approximate surface area is 78.2 Å². The SMILES string of the molecule is CC(CCOC=O)C(C)COC=O. The Kier molecular flexibility index (Phi) is 6.96. The third-order valence-corrected chi connectivity index (χ3v) is 2.16. The van der Waals surface area contributed by atoms with E-state index >= 15 is 0 Å². The third-order valence-electron chi connectivity index (χ3n) is 2.16. The molecule has 0 fully saturated rings. The lowest BCUT2D eigenvalue weighted by Gasteiger charge is -2.17. The van der Waals surface area contributed by atoms with E-state index in [4.69, 9.17) is 0 Å². The van der Waals surface area contributed by atoms with E-state index in [0.29, 0.717) is 38.0 Å². The van der Waals surface area contributed by atoms with Gasteiger partial charge in [0.1, 0.15) is 0 Å². The molecule has 0 saturated heterocycles. The summed E-state index contributed by atoms with van der Waals surface area (Å²) in [4.78, 5) is 19.7. The van der Waals surface area contributed by atoms with Crippen LogP contribution < -0.4 is 0 Å². The normalized spacial score (nSPS) is 14.3. The lowest BCUT2D eigenvalue weighted by atomic mass is 9.94. The first-order valence-electron chi connectivity index (χ1n) is 4.32. The molecule has 0 N–H and O–H groups in total. The van der Waals surface area contributed by atoms with Crippen molar-refractivity contribution in [1.82, 2.24) is 0 Å². The summed E-state index contributed by atoms with van der Waals surface area (Å²) >= 11 is 0. The highest BCUT2D eigenvalue weighted by atomic mass is 16.5. The van der Waals surface area contributed by atoms with Gasteiger partial charge in [-0.1, -0.05) is 13.8 Å².